The summed E-state index contributed by atoms with van der Waals surface area (Å²) >= 11 is 0. The maximum atomic E-state index is 10.7. The average molecular weight is 282 g/mol. The van der Waals surface area contributed by atoms with Gasteiger partial charge in [0.15, 0.2) is 0 Å². The lowest BCUT2D eigenvalue weighted by Crippen LogP contribution is -2.28. The van der Waals surface area contributed by atoms with E-state index in [-0.39, 0.29) is 11.8 Å². The highest BCUT2D eigenvalue weighted by molar-refractivity contribution is 5.84. The number of nitrogens with one attached hydrogen (secondary N) is 1. The molecule has 114 valence electrons. The van der Waals surface area contributed by atoms with Gasteiger partial charge in [-0.05, 0) is 65.9 Å². The van der Waals surface area contributed by atoms with Crippen LogP contribution in [0.25, 0.3) is 0 Å². The van der Waals surface area contributed by atoms with Gasteiger partial charge in [-0.15, -0.1) is 0 Å². The van der Waals surface area contributed by atoms with Gasteiger partial charge in [0.2, 0.25) is 5.76 Å². The smallest absolute Gasteiger partial charge is 0.371 e. The zero-order valence-corrected chi connectivity index (χ0v) is 12.8. The first kappa shape index (κ1) is 16.7. The van der Waals surface area contributed by atoms with Crippen LogP contribution in [-0.4, -0.2) is 42.2 Å². The monoisotopic (exact) mass is 282 g/mol. The fraction of sp³-hybridized carbons (Fsp3) is 0.667. The summed E-state index contributed by atoms with van der Waals surface area (Å²) in [6.45, 7) is 8.35. The standard InChI is InChI=1S/C15H26N2O3/c1-11(2)17(4)10-6-5-9-16-12(3)13-7-8-14(20-13)15(18)19/h7-8,11-12,16H,5-6,9-10H2,1-4H3,(H,18,19). The van der Waals surface area contributed by atoms with Crippen LogP contribution in [0.2, 0.25) is 0 Å². The third-order valence-electron chi connectivity index (χ3n) is 3.53. The molecule has 0 aromatic carbocycles. The summed E-state index contributed by atoms with van der Waals surface area (Å²) in [5.74, 6) is -0.367. The molecular weight excluding hydrogens is 256 g/mol. The Labute approximate surface area is 121 Å². The van der Waals surface area contributed by atoms with E-state index < -0.39 is 5.97 Å². The molecule has 1 rings (SSSR count). The number of carboxylic acids is 1. The van der Waals surface area contributed by atoms with Gasteiger partial charge < -0.3 is 19.7 Å². The quantitative estimate of drug-likeness (QED) is 0.682. The van der Waals surface area contributed by atoms with Crippen molar-refractivity contribution >= 4 is 5.97 Å². The van der Waals surface area contributed by atoms with Gasteiger partial charge in [-0.25, -0.2) is 4.79 Å². The maximum absolute atomic E-state index is 10.7. The van der Waals surface area contributed by atoms with Crippen molar-refractivity contribution in [2.24, 2.45) is 0 Å². The van der Waals surface area contributed by atoms with E-state index in [2.05, 4.69) is 31.1 Å². The Hall–Kier alpha value is -1.33. The molecule has 1 aromatic heterocycles. The van der Waals surface area contributed by atoms with E-state index in [0.717, 1.165) is 25.9 Å². The van der Waals surface area contributed by atoms with Crippen LogP contribution in [0.1, 0.15) is 56.0 Å². The normalized spacial score (nSPS) is 13.1. The largest absolute Gasteiger partial charge is 0.475 e. The predicted octanol–water partition coefficient (Wildman–Crippen LogP) is 2.75. The van der Waals surface area contributed by atoms with Crippen molar-refractivity contribution in [2.45, 2.75) is 45.7 Å². The molecule has 1 atom stereocenters. The number of hydrogen-bond acceptors (Lipinski definition) is 4. The fourth-order valence-corrected chi connectivity index (χ4v) is 1.86. The Bertz CT molecular complexity index is 415. The molecule has 5 heteroatoms. The number of carbonyl (C=O) groups is 1. The summed E-state index contributed by atoms with van der Waals surface area (Å²) in [6, 6.07) is 3.83. The van der Waals surface area contributed by atoms with Crippen molar-refractivity contribution in [3.63, 3.8) is 0 Å². The minimum absolute atomic E-state index is 0.00721. The van der Waals surface area contributed by atoms with E-state index in [1.165, 1.54) is 6.07 Å². The number of unbranched alkanes of at least 4 members (excludes halogenated alkanes) is 1. The molecule has 0 radical (unpaired) electrons. The lowest BCUT2D eigenvalue weighted by molar-refractivity contribution is 0.0659. The third-order valence-corrected chi connectivity index (χ3v) is 3.53. The number of hydrogen-bond donors (Lipinski definition) is 2. The summed E-state index contributed by atoms with van der Waals surface area (Å²) in [5.41, 5.74) is 0. The van der Waals surface area contributed by atoms with E-state index in [4.69, 9.17) is 9.52 Å². The van der Waals surface area contributed by atoms with Crippen molar-refractivity contribution < 1.29 is 14.3 Å². The number of aromatic carboxylic acids is 1. The number of rotatable bonds is 9. The number of furan rings is 1. The molecule has 0 bridgehead atoms. The molecule has 0 saturated heterocycles. The molecule has 0 aliphatic heterocycles. The van der Waals surface area contributed by atoms with Crippen LogP contribution in [0.4, 0.5) is 0 Å². The van der Waals surface area contributed by atoms with Crippen molar-refractivity contribution in [1.82, 2.24) is 10.2 Å². The van der Waals surface area contributed by atoms with Crippen LogP contribution < -0.4 is 5.32 Å². The summed E-state index contributed by atoms with van der Waals surface area (Å²) in [7, 11) is 2.14. The van der Waals surface area contributed by atoms with Gasteiger partial charge in [0.05, 0.1) is 6.04 Å². The average Bonchev–Trinajstić information content (AvgIpc) is 2.87. The van der Waals surface area contributed by atoms with Gasteiger partial charge in [-0.1, -0.05) is 0 Å². The summed E-state index contributed by atoms with van der Waals surface area (Å²) in [6.07, 6.45) is 2.24. The van der Waals surface area contributed by atoms with Gasteiger partial charge in [-0.2, -0.15) is 0 Å². The lowest BCUT2D eigenvalue weighted by atomic mass is 10.2. The first-order valence-corrected chi connectivity index (χ1v) is 7.18. The van der Waals surface area contributed by atoms with E-state index in [1.54, 1.807) is 6.07 Å². The molecule has 5 nitrogen and oxygen atoms in total. The molecule has 1 aromatic rings. The Morgan fingerprint density at radius 2 is 2.05 bits per heavy atom. The van der Waals surface area contributed by atoms with Crippen LogP contribution in [0, 0.1) is 0 Å². The molecule has 0 amide bonds. The molecular formula is C15H26N2O3. The van der Waals surface area contributed by atoms with Gasteiger partial charge in [0.25, 0.3) is 0 Å². The van der Waals surface area contributed by atoms with E-state index >= 15 is 0 Å². The molecule has 1 unspecified atom stereocenters. The lowest BCUT2D eigenvalue weighted by Gasteiger charge is -2.20. The van der Waals surface area contributed by atoms with Gasteiger partial charge >= 0.3 is 5.97 Å². The highest BCUT2D eigenvalue weighted by Crippen LogP contribution is 2.16. The summed E-state index contributed by atoms with van der Waals surface area (Å²) in [4.78, 5) is 13.1. The zero-order valence-electron chi connectivity index (χ0n) is 12.8. The Morgan fingerprint density at radius 1 is 1.35 bits per heavy atom. The second kappa shape index (κ2) is 8.07. The second-order valence-electron chi connectivity index (χ2n) is 5.46. The van der Waals surface area contributed by atoms with Crippen LogP contribution in [0.15, 0.2) is 16.5 Å². The molecule has 20 heavy (non-hydrogen) atoms. The number of carboxylic acid groups (broad SMARTS) is 1. The fourth-order valence-electron chi connectivity index (χ4n) is 1.86. The van der Waals surface area contributed by atoms with Crippen molar-refractivity contribution in [1.29, 1.82) is 0 Å². The van der Waals surface area contributed by atoms with Crippen molar-refractivity contribution in [3.05, 3.63) is 23.7 Å². The third kappa shape index (κ3) is 5.35. The zero-order chi connectivity index (χ0) is 15.1. The van der Waals surface area contributed by atoms with E-state index in [9.17, 15) is 4.79 Å². The molecule has 0 aliphatic carbocycles. The van der Waals surface area contributed by atoms with E-state index in [0.29, 0.717) is 11.8 Å². The number of nitrogens with zero attached hydrogens (tertiary/aromatic N) is 1. The highest BCUT2D eigenvalue weighted by atomic mass is 16.4. The summed E-state index contributed by atoms with van der Waals surface area (Å²) < 4.78 is 5.26. The molecule has 0 fully saturated rings. The van der Waals surface area contributed by atoms with Crippen LogP contribution in [0.3, 0.4) is 0 Å². The molecule has 0 aliphatic rings. The SMILES string of the molecule is CC(NCCCCN(C)C(C)C)c1ccc(C(=O)O)o1. The molecule has 0 spiro atoms. The van der Waals surface area contributed by atoms with E-state index in [1.807, 2.05) is 6.92 Å². The molecule has 2 N–H and O–H groups in total. The molecule has 1 heterocycles. The minimum atomic E-state index is -1.03. The predicted molar refractivity (Wildman–Crippen MR) is 79.1 cm³/mol. The van der Waals surface area contributed by atoms with Gasteiger partial charge in [0.1, 0.15) is 5.76 Å². The Morgan fingerprint density at radius 3 is 2.60 bits per heavy atom. The maximum Gasteiger partial charge on any atom is 0.371 e. The van der Waals surface area contributed by atoms with Crippen LogP contribution in [-0.2, 0) is 0 Å². The second-order valence-corrected chi connectivity index (χ2v) is 5.46. The first-order chi connectivity index (χ1) is 9.41. The van der Waals surface area contributed by atoms with Crippen molar-refractivity contribution in [3.8, 4) is 0 Å². The van der Waals surface area contributed by atoms with Crippen LogP contribution in [0.5, 0.6) is 0 Å². The molecule has 0 saturated carbocycles. The topological polar surface area (TPSA) is 65.7 Å². The summed E-state index contributed by atoms with van der Waals surface area (Å²) in [5, 5.41) is 12.2. The minimum Gasteiger partial charge on any atom is -0.475 e. The van der Waals surface area contributed by atoms with Crippen molar-refractivity contribution in [2.75, 3.05) is 20.1 Å². The highest BCUT2D eigenvalue weighted by Gasteiger charge is 2.13. The Balaban J connectivity index is 2.22. The van der Waals surface area contributed by atoms with Gasteiger partial charge in [-0.3, -0.25) is 0 Å². The Kier molecular flexibility index (Phi) is 6.75. The van der Waals surface area contributed by atoms with Gasteiger partial charge in [0, 0.05) is 6.04 Å². The first-order valence-electron chi connectivity index (χ1n) is 7.18. The van der Waals surface area contributed by atoms with Crippen LogP contribution >= 0.6 is 0 Å².